The SMILES string of the molecule is COc1cc(C)cc(NC(=O)NC(C)(C)CCC(=O)O)c1C. The molecular weight excluding hydrogens is 284 g/mol. The zero-order chi connectivity index (χ0) is 16.9. The maximum atomic E-state index is 12.1. The zero-order valence-electron chi connectivity index (χ0n) is 13.7. The number of nitrogens with one attached hydrogen (secondary N) is 2. The highest BCUT2D eigenvalue weighted by Crippen LogP contribution is 2.27. The van der Waals surface area contributed by atoms with Crippen LogP contribution in [0, 0.1) is 13.8 Å². The summed E-state index contributed by atoms with van der Waals surface area (Å²) in [5, 5.41) is 14.3. The molecule has 6 nitrogen and oxygen atoms in total. The van der Waals surface area contributed by atoms with Crippen molar-refractivity contribution in [2.24, 2.45) is 0 Å². The Morgan fingerprint density at radius 2 is 1.91 bits per heavy atom. The third kappa shape index (κ3) is 5.27. The van der Waals surface area contributed by atoms with E-state index in [1.54, 1.807) is 21.0 Å². The summed E-state index contributed by atoms with van der Waals surface area (Å²) in [4.78, 5) is 22.8. The first-order chi connectivity index (χ1) is 10.1. The van der Waals surface area contributed by atoms with Crippen LogP contribution in [0.15, 0.2) is 12.1 Å². The lowest BCUT2D eigenvalue weighted by Gasteiger charge is -2.26. The summed E-state index contributed by atoms with van der Waals surface area (Å²) in [7, 11) is 1.58. The second-order valence-corrected chi connectivity index (χ2v) is 6.00. The van der Waals surface area contributed by atoms with E-state index in [1.807, 2.05) is 26.0 Å². The van der Waals surface area contributed by atoms with E-state index in [0.717, 1.165) is 11.1 Å². The highest BCUT2D eigenvalue weighted by atomic mass is 16.5. The Morgan fingerprint density at radius 3 is 2.45 bits per heavy atom. The number of benzene rings is 1. The average Bonchev–Trinajstić information content (AvgIpc) is 2.39. The van der Waals surface area contributed by atoms with Gasteiger partial charge in [-0.15, -0.1) is 0 Å². The predicted molar refractivity (Wildman–Crippen MR) is 85.6 cm³/mol. The Kier molecular flexibility index (Phi) is 5.79. The second kappa shape index (κ2) is 7.15. The van der Waals surface area contributed by atoms with Gasteiger partial charge in [-0.05, 0) is 51.8 Å². The van der Waals surface area contributed by atoms with E-state index in [-0.39, 0.29) is 12.5 Å². The van der Waals surface area contributed by atoms with Crippen molar-refractivity contribution in [3.8, 4) is 5.75 Å². The molecule has 0 saturated carbocycles. The highest BCUT2D eigenvalue weighted by Gasteiger charge is 2.22. The molecule has 0 aliphatic rings. The van der Waals surface area contributed by atoms with Crippen molar-refractivity contribution in [1.82, 2.24) is 5.32 Å². The van der Waals surface area contributed by atoms with Crippen molar-refractivity contribution in [2.75, 3.05) is 12.4 Å². The van der Waals surface area contributed by atoms with Crippen LogP contribution in [0.1, 0.15) is 37.8 Å². The van der Waals surface area contributed by atoms with Crippen LogP contribution in [-0.4, -0.2) is 29.8 Å². The number of amides is 2. The number of anilines is 1. The maximum Gasteiger partial charge on any atom is 0.319 e. The van der Waals surface area contributed by atoms with Gasteiger partial charge in [0.15, 0.2) is 0 Å². The predicted octanol–water partition coefficient (Wildman–Crippen LogP) is 3.08. The van der Waals surface area contributed by atoms with Gasteiger partial charge in [0.2, 0.25) is 0 Å². The molecule has 1 aromatic rings. The van der Waals surface area contributed by atoms with E-state index in [4.69, 9.17) is 9.84 Å². The number of carbonyl (C=O) groups is 2. The molecule has 0 saturated heterocycles. The van der Waals surface area contributed by atoms with Crippen LogP contribution in [0.5, 0.6) is 5.75 Å². The van der Waals surface area contributed by atoms with Crippen LogP contribution < -0.4 is 15.4 Å². The van der Waals surface area contributed by atoms with Gasteiger partial charge in [0, 0.05) is 23.2 Å². The number of rotatable bonds is 6. The third-order valence-electron chi connectivity index (χ3n) is 3.39. The van der Waals surface area contributed by atoms with E-state index >= 15 is 0 Å². The van der Waals surface area contributed by atoms with Crippen LogP contribution in [-0.2, 0) is 4.79 Å². The van der Waals surface area contributed by atoms with E-state index < -0.39 is 11.5 Å². The van der Waals surface area contributed by atoms with E-state index in [0.29, 0.717) is 17.9 Å². The standard InChI is InChI=1S/C16H24N2O4/c1-10-8-12(11(2)13(9-10)22-5)17-15(21)18-16(3,4)7-6-14(19)20/h8-9H,6-7H2,1-5H3,(H,19,20)(H2,17,18,21). The van der Waals surface area contributed by atoms with Crippen molar-refractivity contribution >= 4 is 17.7 Å². The fraction of sp³-hybridized carbons (Fsp3) is 0.500. The number of aliphatic carboxylic acids is 1. The quantitative estimate of drug-likeness (QED) is 0.753. The lowest BCUT2D eigenvalue weighted by Crippen LogP contribution is -2.45. The van der Waals surface area contributed by atoms with Gasteiger partial charge < -0.3 is 20.5 Å². The summed E-state index contributed by atoms with van der Waals surface area (Å²) in [5.74, 6) is -0.171. The first-order valence-corrected chi connectivity index (χ1v) is 7.11. The number of hydrogen-bond donors (Lipinski definition) is 3. The third-order valence-corrected chi connectivity index (χ3v) is 3.39. The molecule has 6 heteroatoms. The van der Waals surface area contributed by atoms with Crippen molar-refractivity contribution in [2.45, 2.75) is 46.1 Å². The lowest BCUT2D eigenvalue weighted by atomic mass is 9.99. The fourth-order valence-electron chi connectivity index (χ4n) is 2.11. The largest absolute Gasteiger partial charge is 0.496 e. The Morgan fingerprint density at radius 1 is 1.27 bits per heavy atom. The first kappa shape index (κ1) is 17.8. The number of carbonyl (C=O) groups excluding carboxylic acids is 1. The highest BCUT2D eigenvalue weighted by molar-refractivity contribution is 5.91. The Hall–Kier alpha value is -2.24. The van der Waals surface area contributed by atoms with Crippen LogP contribution >= 0.6 is 0 Å². The monoisotopic (exact) mass is 308 g/mol. The van der Waals surface area contributed by atoms with E-state index in [9.17, 15) is 9.59 Å². The molecule has 0 spiro atoms. The molecule has 0 heterocycles. The molecular formula is C16H24N2O4. The number of ether oxygens (including phenoxy) is 1. The van der Waals surface area contributed by atoms with Gasteiger partial charge in [-0.2, -0.15) is 0 Å². The van der Waals surface area contributed by atoms with Crippen molar-refractivity contribution in [1.29, 1.82) is 0 Å². The van der Waals surface area contributed by atoms with Gasteiger partial charge in [0.1, 0.15) is 5.75 Å². The lowest BCUT2D eigenvalue weighted by molar-refractivity contribution is -0.137. The molecule has 0 bridgehead atoms. The molecule has 0 atom stereocenters. The molecule has 2 amide bonds. The number of aryl methyl sites for hydroxylation is 1. The summed E-state index contributed by atoms with van der Waals surface area (Å²) >= 11 is 0. The van der Waals surface area contributed by atoms with Crippen molar-refractivity contribution in [3.05, 3.63) is 23.3 Å². The maximum absolute atomic E-state index is 12.1. The van der Waals surface area contributed by atoms with Crippen LogP contribution in [0.3, 0.4) is 0 Å². The molecule has 0 aromatic heterocycles. The minimum atomic E-state index is -0.880. The zero-order valence-corrected chi connectivity index (χ0v) is 13.7. The van der Waals surface area contributed by atoms with Crippen LogP contribution in [0.25, 0.3) is 0 Å². The minimum Gasteiger partial charge on any atom is -0.496 e. The average molecular weight is 308 g/mol. The van der Waals surface area contributed by atoms with Crippen molar-refractivity contribution in [3.63, 3.8) is 0 Å². The summed E-state index contributed by atoms with van der Waals surface area (Å²) in [6.45, 7) is 7.36. The fourth-order valence-corrected chi connectivity index (χ4v) is 2.11. The Bertz CT molecular complexity index is 568. The molecule has 0 aliphatic carbocycles. The molecule has 0 unspecified atom stereocenters. The Labute approximate surface area is 130 Å². The molecule has 0 aliphatic heterocycles. The first-order valence-electron chi connectivity index (χ1n) is 7.11. The van der Waals surface area contributed by atoms with Crippen LogP contribution in [0.2, 0.25) is 0 Å². The summed E-state index contributed by atoms with van der Waals surface area (Å²) in [6, 6.07) is 3.39. The second-order valence-electron chi connectivity index (χ2n) is 6.00. The molecule has 22 heavy (non-hydrogen) atoms. The summed E-state index contributed by atoms with van der Waals surface area (Å²) < 4.78 is 5.28. The Balaban J connectivity index is 2.77. The van der Waals surface area contributed by atoms with E-state index in [2.05, 4.69) is 10.6 Å². The van der Waals surface area contributed by atoms with Crippen molar-refractivity contribution < 1.29 is 19.4 Å². The summed E-state index contributed by atoms with van der Waals surface area (Å²) in [5.41, 5.74) is 1.88. The molecule has 0 radical (unpaired) electrons. The van der Waals surface area contributed by atoms with Gasteiger partial charge in [0.05, 0.1) is 7.11 Å². The van der Waals surface area contributed by atoms with E-state index in [1.165, 1.54) is 0 Å². The summed E-state index contributed by atoms with van der Waals surface area (Å²) in [6.07, 6.45) is 0.358. The van der Waals surface area contributed by atoms with Crippen LogP contribution in [0.4, 0.5) is 10.5 Å². The van der Waals surface area contributed by atoms with Gasteiger partial charge in [-0.25, -0.2) is 4.79 Å². The van der Waals surface area contributed by atoms with Gasteiger partial charge >= 0.3 is 12.0 Å². The molecule has 0 fully saturated rings. The smallest absolute Gasteiger partial charge is 0.319 e. The molecule has 122 valence electrons. The normalized spacial score (nSPS) is 11.0. The number of hydrogen-bond acceptors (Lipinski definition) is 3. The molecule has 1 aromatic carbocycles. The van der Waals surface area contributed by atoms with Gasteiger partial charge in [-0.1, -0.05) is 0 Å². The number of urea groups is 1. The topological polar surface area (TPSA) is 87.7 Å². The minimum absolute atomic E-state index is 0.00454. The number of carboxylic acids is 1. The van der Waals surface area contributed by atoms with Gasteiger partial charge in [-0.3, -0.25) is 4.79 Å². The van der Waals surface area contributed by atoms with Gasteiger partial charge in [0.25, 0.3) is 0 Å². The number of carboxylic acid groups (broad SMARTS) is 1. The molecule has 3 N–H and O–H groups in total. The number of methoxy groups -OCH3 is 1. The molecule has 1 rings (SSSR count).